The van der Waals surface area contributed by atoms with Crippen LogP contribution in [0.25, 0.3) is 21.9 Å². The van der Waals surface area contributed by atoms with Crippen LogP contribution in [0.15, 0.2) is 60.7 Å². The molecule has 1 nitrogen and oxygen atoms in total. The van der Waals surface area contributed by atoms with Crippen LogP contribution in [0.3, 0.4) is 0 Å². The Balaban J connectivity index is 2.11. The predicted octanol–water partition coefficient (Wildman–Crippen LogP) is 4.31. The lowest BCUT2D eigenvalue weighted by Crippen LogP contribution is -1.84. The number of rotatable bonds is 2. The number of hydrogen-bond acceptors (Lipinski definition) is 1. The summed E-state index contributed by atoms with van der Waals surface area (Å²) < 4.78 is 0. The first-order valence-corrected chi connectivity index (χ1v) is 6.47. The molecule has 0 amide bonds. The van der Waals surface area contributed by atoms with E-state index in [1.165, 1.54) is 27.5 Å². The zero-order chi connectivity index (χ0) is 13.2. The van der Waals surface area contributed by atoms with Gasteiger partial charge in [-0.05, 0) is 46.5 Å². The minimum atomic E-state index is 0.0928. The van der Waals surface area contributed by atoms with E-state index in [4.69, 9.17) is 5.11 Å². The molecule has 1 N–H and O–H groups in total. The number of aryl methyl sites for hydroxylation is 1. The van der Waals surface area contributed by atoms with E-state index in [9.17, 15) is 0 Å². The average Bonchev–Trinajstić information content (AvgIpc) is 2.46. The van der Waals surface area contributed by atoms with Crippen LogP contribution < -0.4 is 0 Å². The number of benzene rings is 3. The van der Waals surface area contributed by atoms with Crippen molar-refractivity contribution in [1.29, 1.82) is 0 Å². The maximum absolute atomic E-state index is 9.16. The fourth-order valence-electron chi connectivity index (χ4n) is 2.40. The van der Waals surface area contributed by atoms with Gasteiger partial charge in [-0.25, -0.2) is 0 Å². The summed E-state index contributed by atoms with van der Waals surface area (Å²) >= 11 is 0. The smallest absolute Gasteiger partial charge is 0.0682 e. The SMILES string of the molecule is Cc1cccc(-c2ccc3cc(CO)ccc3c2)c1. The van der Waals surface area contributed by atoms with Crippen molar-refractivity contribution in [2.45, 2.75) is 13.5 Å². The Labute approximate surface area is 113 Å². The topological polar surface area (TPSA) is 20.2 Å². The lowest BCUT2D eigenvalue weighted by Gasteiger charge is -2.06. The first kappa shape index (κ1) is 11.9. The van der Waals surface area contributed by atoms with Crippen LogP contribution in [0.2, 0.25) is 0 Å². The number of hydrogen-bond donors (Lipinski definition) is 1. The molecule has 3 aromatic rings. The third kappa shape index (κ3) is 2.38. The van der Waals surface area contributed by atoms with Gasteiger partial charge in [0.2, 0.25) is 0 Å². The maximum atomic E-state index is 9.16. The molecular formula is C18H16O. The van der Waals surface area contributed by atoms with Gasteiger partial charge < -0.3 is 5.11 Å². The predicted molar refractivity (Wildman–Crippen MR) is 80.0 cm³/mol. The molecule has 0 radical (unpaired) electrons. The van der Waals surface area contributed by atoms with Gasteiger partial charge in [-0.3, -0.25) is 0 Å². The zero-order valence-electron chi connectivity index (χ0n) is 10.9. The fraction of sp³-hybridized carbons (Fsp3) is 0.111. The Kier molecular flexibility index (Phi) is 3.06. The lowest BCUT2D eigenvalue weighted by molar-refractivity contribution is 0.282. The van der Waals surface area contributed by atoms with Crippen LogP contribution >= 0.6 is 0 Å². The highest BCUT2D eigenvalue weighted by Crippen LogP contribution is 2.25. The van der Waals surface area contributed by atoms with Crippen LogP contribution in [0, 0.1) is 6.92 Å². The highest BCUT2D eigenvalue weighted by atomic mass is 16.3. The molecule has 19 heavy (non-hydrogen) atoms. The summed E-state index contributed by atoms with van der Waals surface area (Å²) in [4.78, 5) is 0. The number of aliphatic hydroxyl groups is 1. The summed E-state index contributed by atoms with van der Waals surface area (Å²) in [6.45, 7) is 2.20. The van der Waals surface area contributed by atoms with Crippen LogP contribution in [-0.4, -0.2) is 5.11 Å². The molecule has 0 bridgehead atoms. The van der Waals surface area contributed by atoms with Crippen molar-refractivity contribution in [3.63, 3.8) is 0 Å². The first-order chi connectivity index (χ1) is 9.26. The van der Waals surface area contributed by atoms with Crippen molar-refractivity contribution in [2.75, 3.05) is 0 Å². The second-order valence-corrected chi connectivity index (χ2v) is 4.92. The Morgan fingerprint density at radius 1 is 0.789 bits per heavy atom. The summed E-state index contributed by atoms with van der Waals surface area (Å²) in [6.07, 6.45) is 0. The molecule has 0 aromatic heterocycles. The van der Waals surface area contributed by atoms with Gasteiger partial charge in [0.25, 0.3) is 0 Å². The van der Waals surface area contributed by atoms with Crippen LogP contribution in [0.1, 0.15) is 11.1 Å². The summed E-state index contributed by atoms with van der Waals surface area (Å²) in [5.74, 6) is 0. The van der Waals surface area contributed by atoms with Crippen molar-refractivity contribution in [2.24, 2.45) is 0 Å². The minimum Gasteiger partial charge on any atom is -0.392 e. The van der Waals surface area contributed by atoms with Crippen molar-refractivity contribution in [1.82, 2.24) is 0 Å². The average molecular weight is 248 g/mol. The van der Waals surface area contributed by atoms with E-state index in [1.54, 1.807) is 0 Å². The fourth-order valence-corrected chi connectivity index (χ4v) is 2.40. The van der Waals surface area contributed by atoms with E-state index in [2.05, 4.69) is 55.5 Å². The number of aliphatic hydroxyl groups excluding tert-OH is 1. The Bertz CT molecular complexity index is 729. The van der Waals surface area contributed by atoms with Crippen molar-refractivity contribution < 1.29 is 5.11 Å². The maximum Gasteiger partial charge on any atom is 0.0682 e. The molecule has 0 aliphatic carbocycles. The van der Waals surface area contributed by atoms with Crippen LogP contribution in [0.4, 0.5) is 0 Å². The first-order valence-electron chi connectivity index (χ1n) is 6.47. The Morgan fingerprint density at radius 2 is 1.53 bits per heavy atom. The molecule has 0 aliphatic rings. The molecule has 0 unspecified atom stereocenters. The van der Waals surface area contributed by atoms with Gasteiger partial charge in [-0.2, -0.15) is 0 Å². The van der Waals surface area contributed by atoms with Gasteiger partial charge >= 0.3 is 0 Å². The highest BCUT2D eigenvalue weighted by Gasteiger charge is 2.01. The van der Waals surface area contributed by atoms with Crippen molar-refractivity contribution in [3.05, 3.63) is 71.8 Å². The van der Waals surface area contributed by atoms with E-state index in [0.29, 0.717) is 0 Å². The molecule has 94 valence electrons. The minimum absolute atomic E-state index is 0.0928. The molecule has 0 aliphatic heterocycles. The largest absolute Gasteiger partial charge is 0.392 e. The molecule has 0 saturated heterocycles. The summed E-state index contributed by atoms with van der Waals surface area (Å²) in [5, 5.41) is 11.5. The highest BCUT2D eigenvalue weighted by molar-refractivity contribution is 5.87. The third-order valence-electron chi connectivity index (χ3n) is 3.44. The summed E-state index contributed by atoms with van der Waals surface area (Å²) in [7, 11) is 0. The van der Waals surface area contributed by atoms with E-state index < -0.39 is 0 Å². The molecule has 0 heterocycles. The molecular weight excluding hydrogens is 232 g/mol. The lowest BCUT2D eigenvalue weighted by atomic mass is 9.99. The van der Waals surface area contributed by atoms with E-state index in [1.807, 2.05) is 12.1 Å². The van der Waals surface area contributed by atoms with Gasteiger partial charge in [-0.1, -0.05) is 54.1 Å². The third-order valence-corrected chi connectivity index (χ3v) is 3.44. The van der Waals surface area contributed by atoms with E-state index >= 15 is 0 Å². The van der Waals surface area contributed by atoms with Gasteiger partial charge in [0, 0.05) is 0 Å². The Morgan fingerprint density at radius 3 is 2.32 bits per heavy atom. The zero-order valence-corrected chi connectivity index (χ0v) is 10.9. The number of fused-ring (bicyclic) bond motifs is 1. The molecule has 0 saturated carbocycles. The van der Waals surface area contributed by atoms with Crippen LogP contribution in [-0.2, 0) is 6.61 Å². The quantitative estimate of drug-likeness (QED) is 0.716. The molecule has 3 rings (SSSR count). The normalized spacial score (nSPS) is 10.8. The summed E-state index contributed by atoms with van der Waals surface area (Å²) in [6, 6.07) is 21.1. The molecule has 0 atom stereocenters. The van der Waals surface area contributed by atoms with Gasteiger partial charge in [-0.15, -0.1) is 0 Å². The van der Waals surface area contributed by atoms with Gasteiger partial charge in [0.05, 0.1) is 6.61 Å². The molecule has 0 fully saturated rings. The van der Waals surface area contributed by atoms with Gasteiger partial charge in [0.1, 0.15) is 0 Å². The standard InChI is InChI=1S/C18H16O/c1-13-3-2-4-15(9-13)18-8-7-16-10-14(12-19)5-6-17(16)11-18/h2-11,19H,12H2,1H3. The van der Waals surface area contributed by atoms with Crippen molar-refractivity contribution in [3.8, 4) is 11.1 Å². The van der Waals surface area contributed by atoms with E-state index in [-0.39, 0.29) is 6.61 Å². The molecule has 3 aromatic carbocycles. The van der Waals surface area contributed by atoms with E-state index in [0.717, 1.165) is 5.56 Å². The second kappa shape index (κ2) is 4.87. The second-order valence-electron chi connectivity index (χ2n) is 4.92. The monoisotopic (exact) mass is 248 g/mol. The summed E-state index contributed by atoms with van der Waals surface area (Å²) in [5.41, 5.74) is 4.70. The molecule has 0 spiro atoms. The van der Waals surface area contributed by atoms with Gasteiger partial charge in [0.15, 0.2) is 0 Å². The Hall–Kier alpha value is -2.12. The van der Waals surface area contributed by atoms with Crippen LogP contribution in [0.5, 0.6) is 0 Å². The van der Waals surface area contributed by atoms with Crippen molar-refractivity contribution >= 4 is 10.8 Å². The molecule has 1 heteroatoms.